The maximum atomic E-state index is 13.7. The normalized spacial score (nSPS) is 10.6. The first-order valence-corrected chi connectivity index (χ1v) is 10.3. The summed E-state index contributed by atoms with van der Waals surface area (Å²) in [5.74, 6) is -1.44. The van der Waals surface area contributed by atoms with Gasteiger partial charge >= 0.3 is 0 Å². The molecule has 0 radical (unpaired) electrons. The van der Waals surface area contributed by atoms with Crippen LogP contribution in [-0.4, -0.2) is 26.6 Å². The molecule has 2 aromatic carbocycles. The third-order valence-electron chi connectivity index (χ3n) is 4.44. The van der Waals surface area contributed by atoms with Crippen molar-refractivity contribution in [2.75, 3.05) is 10.6 Å². The molecule has 2 aromatic heterocycles. The van der Waals surface area contributed by atoms with E-state index in [9.17, 15) is 14.0 Å². The Balaban J connectivity index is 1.38. The van der Waals surface area contributed by atoms with Gasteiger partial charge in [0.15, 0.2) is 5.13 Å². The number of aryl methyl sites for hydroxylation is 1. The molecule has 0 bridgehead atoms. The van der Waals surface area contributed by atoms with Crippen molar-refractivity contribution < 1.29 is 14.0 Å². The summed E-state index contributed by atoms with van der Waals surface area (Å²) in [4.78, 5) is 28.9. The van der Waals surface area contributed by atoms with E-state index in [0.29, 0.717) is 16.5 Å². The number of aromatic nitrogens is 3. The van der Waals surface area contributed by atoms with E-state index in [2.05, 4.69) is 20.7 Å². The molecular weight excluding hydrogens is 417 g/mol. The van der Waals surface area contributed by atoms with Crippen molar-refractivity contribution >= 4 is 34.0 Å². The summed E-state index contributed by atoms with van der Waals surface area (Å²) in [6, 6.07) is 15.0. The molecule has 4 aromatic rings. The Morgan fingerprint density at radius 3 is 2.71 bits per heavy atom. The number of anilines is 2. The molecule has 0 unspecified atom stereocenters. The number of nitrogens with zero attached hydrogens (tertiary/aromatic N) is 3. The van der Waals surface area contributed by atoms with Crippen LogP contribution in [0.4, 0.5) is 15.2 Å². The molecule has 7 nitrogen and oxygen atoms in total. The average Bonchev–Trinajstić information content (AvgIpc) is 3.37. The van der Waals surface area contributed by atoms with E-state index in [1.54, 1.807) is 28.4 Å². The van der Waals surface area contributed by atoms with Gasteiger partial charge in [0.2, 0.25) is 5.91 Å². The lowest BCUT2D eigenvalue weighted by Gasteiger charge is -2.08. The molecule has 0 aliphatic heterocycles. The molecule has 2 heterocycles. The number of nitrogens with one attached hydrogen (secondary N) is 2. The first kappa shape index (κ1) is 20.4. The van der Waals surface area contributed by atoms with Gasteiger partial charge in [0.05, 0.1) is 23.4 Å². The van der Waals surface area contributed by atoms with Crippen molar-refractivity contribution in [1.29, 1.82) is 0 Å². The van der Waals surface area contributed by atoms with E-state index in [0.717, 1.165) is 11.4 Å². The van der Waals surface area contributed by atoms with Crippen LogP contribution in [0.5, 0.6) is 0 Å². The van der Waals surface area contributed by atoms with Crippen LogP contribution in [0.25, 0.3) is 5.69 Å². The van der Waals surface area contributed by atoms with Gasteiger partial charge in [0, 0.05) is 23.0 Å². The van der Waals surface area contributed by atoms with Gasteiger partial charge in [-0.25, -0.2) is 14.1 Å². The average molecular weight is 435 g/mol. The molecule has 4 rings (SSSR count). The van der Waals surface area contributed by atoms with E-state index in [-0.39, 0.29) is 17.9 Å². The highest BCUT2D eigenvalue weighted by molar-refractivity contribution is 7.14. The Bertz CT molecular complexity index is 1250. The predicted octanol–water partition coefficient (Wildman–Crippen LogP) is 4.21. The van der Waals surface area contributed by atoms with E-state index in [1.807, 2.05) is 31.2 Å². The van der Waals surface area contributed by atoms with Crippen LogP contribution in [0.1, 0.15) is 21.7 Å². The number of halogens is 1. The summed E-state index contributed by atoms with van der Waals surface area (Å²) in [5.41, 5.74) is 2.90. The molecule has 0 saturated carbocycles. The van der Waals surface area contributed by atoms with Crippen LogP contribution in [0.2, 0.25) is 0 Å². The van der Waals surface area contributed by atoms with Crippen LogP contribution < -0.4 is 10.6 Å². The Morgan fingerprint density at radius 1 is 1.10 bits per heavy atom. The summed E-state index contributed by atoms with van der Waals surface area (Å²) >= 11 is 1.17. The topological polar surface area (TPSA) is 88.9 Å². The molecule has 0 saturated heterocycles. The van der Waals surface area contributed by atoms with Crippen molar-refractivity contribution in [1.82, 2.24) is 14.8 Å². The fourth-order valence-electron chi connectivity index (χ4n) is 2.98. The Kier molecular flexibility index (Phi) is 5.85. The third kappa shape index (κ3) is 4.84. The van der Waals surface area contributed by atoms with Gasteiger partial charge in [-0.1, -0.05) is 18.2 Å². The van der Waals surface area contributed by atoms with E-state index in [1.165, 1.54) is 29.5 Å². The van der Waals surface area contributed by atoms with Gasteiger partial charge in [-0.2, -0.15) is 5.10 Å². The second-order valence-corrected chi connectivity index (χ2v) is 7.60. The molecule has 2 amide bonds. The second kappa shape index (κ2) is 8.88. The van der Waals surface area contributed by atoms with Gasteiger partial charge in [-0.05, 0) is 43.3 Å². The highest BCUT2D eigenvalue weighted by Crippen LogP contribution is 2.19. The lowest BCUT2D eigenvalue weighted by atomic mass is 10.2. The minimum Gasteiger partial charge on any atom is -0.326 e. The predicted molar refractivity (Wildman–Crippen MR) is 117 cm³/mol. The lowest BCUT2D eigenvalue weighted by molar-refractivity contribution is -0.115. The SMILES string of the molecule is Cc1ccnn1-c1cccc(NC(=O)Cc2csc(NC(=O)c3ccccc3F)n2)c1. The van der Waals surface area contributed by atoms with Crippen molar-refractivity contribution in [2.24, 2.45) is 0 Å². The highest BCUT2D eigenvalue weighted by atomic mass is 32.1. The maximum Gasteiger partial charge on any atom is 0.260 e. The molecule has 0 fully saturated rings. The van der Waals surface area contributed by atoms with Gasteiger partial charge in [-0.3, -0.25) is 14.9 Å². The smallest absolute Gasteiger partial charge is 0.260 e. The third-order valence-corrected chi connectivity index (χ3v) is 5.25. The monoisotopic (exact) mass is 435 g/mol. The molecule has 0 atom stereocenters. The van der Waals surface area contributed by atoms with E-state index >= 15 is 0 Å². The molecule has 2 N–H and O–H groups in total. The molecule has 156 valence electrons. The van der Waals surface area contributed by atoms with Gasteiger partial charge in [0.1, 0.15) is 5.82 Å². The molecular formula is C22H18FN5O2S. The number of amides is 2. The second-order valence-electron chi connectivity index (χ2n) is 6.74. The van der Waals surface area contributed by atoms with Gasteiger partial charge in [-0.15, -0.1) is 11.3 Å². The zero-order chi connectivity index (χ0) is 21.8. The molecule has 31 heavy (non-hydrogen) atoms. The Hall–Kier alpha value is -3.85. The van der Waals surface area contributed by atoms with Crippen LogP contribution in [0.3, 0.4) is 0 Å². The highest BCUT2D eigenvalue weighted by Gasteiger charge is 2.14. The van der Waals surface area contributed by atoms with Crippen LogP contribution in [-0.2, 0) is 11.2 Å². The van der Waals surface area contributed by atoms with Crippen LogP contribution in [0, 0.1) is 12.7 Å². The lowest BCUT2D eigenvalue weighted by Crippen LogP contribution is -2.16. The van der Waals surface area contributed by atoms with E-state index in [4.69, 9.17) is 0 Å². The van der Waals surface area contributed by atoms with Crippen LogP contribution in [0.15, 0.2) is 66.2 Å². The minimum atomic E-state index is -0.608. The molecule has 0 spiro atoms. The first-order chi connectivity index (χ1) is 15.0. The Morgan fingerprint density at radius 2 is 1.94 bits per heavy atom. The summed E-state index contributed by atoms with van der Waals surface area (Å²) in [6.45, 7) is 1.95. The zero-order valence-electron chi connectivity index (χ0n) is 16.5. The quantitative estimate of drug-likeness (QED) is 0.475. The van der Waals surface area contributed by atoms with Crippen molar-refractivity contribution in [3.05, 3.63) is 88.9 Å². The van der Waals surface area contributed by atoms with Crippen molar-refractivity contribution in [3.63, 3.8) is 0 Å². The fraction of sp³-hybridized carbons (Fsp3) is 0.0909. The number of hydrogen-bond acceptors (Lipinski definition) is 5. The standard InChI is InChI=1S/C22H18FN5O2S/c1-14-9-10-24-28(14)17-6-4-5-15(11-17)25-20(29)12-16-13-31-22(26-16)27-21(30)18-7-2-3-8-19(18)23/h2-11,13H,12H2,1H3,(H,25,29)(H,26,27,30). The number of benzene rings is 2. The number of carbonyl (C=O) groups excluding carboxylic acids is 2. The van der Waals surface area contributed by atoms with Crippen LogP contribution >= 0.6 is 11.3 Å². The summed E-state index contributed by atoms with van der Waals surface area (Å²) in [7, 11) is 0. The Labute approximate surface area is 181 Å². The minimum absolute atomic E-state index is 0.0388. The van der Waals surface area contributed by atoms with E-state index < -0.39 is 11.7 Å². The summed E-state index contributed by atoms with van der Waals surface area (Å²) in [5, 5.41) is 11.6. The number of thiazole rings is 1. The van der Waals surface area contributed by atoms with Gasteiger partial charge < -0.3 is 5.32 Å². The van der Waals surface area contributed by atoms with Crippen molar-refractivity contribution in [2.45, 2.75) is 13.3 Å². The largest absolute Gasteiger partial charge is 0.326 e. The molecule has 0 aliphatic rings. The fourth-order valence-corrected chi connectivity index (χ4v) is 3.69. The maximum absolute atomic E-state index is 13.7. The first-order valence-electron chi connectivity index (χ1n) is 9.41. The number of carbonyl (C=O) groups is 2. The summed E-state index contributed by atoms with van der Waals surface area (Å²) in [6.07, 6.45) is 1.75. The number of rotatable bonds is 6. The zero-order valence-corrected chi connectivity index (χ0v) is 17.3. The van der Waals surface area contributed by atoms with Gasteiger partial charge in [0.25, 0.3) is 5.91 Å². The van der Waals surface area contributed by atoms with Crippen molar-refractivity contribution in [3.8, 4) is 5.69 Å². The summed E-state index contributed by atoms with van der Waals surface area (Å²) < 4.78 is 15.5. The molecule has 9 heteroatoms. The molecule has 0 aliphatic carbocycles. The number of hydrogen-bond donors (Lipinski definition) is 2.